The number of nitrogens with one attached hydrogen (secondary N) is 2. The molecular formula is C21H28FN5O2. The SMILES string of the molecule is Cc1nn(CCNC(=O)CC2C(=O)NCCN2Cc2cccc(F)c2)c(C)c1C. The lowest BCUT2D eigenvalue weighted by Crippen LogP contribution is -2.56. The van der Waals surface area contributed by atoms with Gasteiger partial charge < -0.3 is 10.6 Å². The summed E-state index contributed by atoms with van der Waals surface area (Å²) in [6.45, 7) is 8.58. The standard InChI is InChI=1S/C21H28FN5O2/c1-14-15(2)25-27(16(14)3)10-8-23-20(28)12-19-21(29)24-7-9-26(19)13-17-5-4-6-18(22)11-17/h4-6,11,19H,7-10,12-13H2,1-3H3,(H,23,28)(H,24,29). The molecule has 2 amide bonds. The Morgan fingerprint density at radius 2 is 2.14 bits per heavy atom. The average molecular weight is 401 g/mol. The van der Waals surface area contributed by atoms with Gasteiger partial charge in [0.25, 0.3) is 0 Å². The number of rotatable bonds is 7. The second kappa shape index (κ2) is 9.17. The molecule has 1 unspecified atom stereocenters. The molecule has 29 heavy (non-hydrogen) atoms. The minimum atomic E-state index is -0.567. The van der Waals surface area contributed by atoms with Crippen LogP contribution < -0.4 is 10.6 Å². The highest BCUT2D eigenvalue weighted by Crippen LogP contribution is 2.15. The molecule has 2 N–H and O–H groups in total. The first-order valence-corrected chi connectivity index (χ1v) is 9.88. The van der Waals surface area contributed by atoms with E-state index in [2.05, 4.69) is 15.7 Å². The van der Waals surface area contributed by atoms with Gasteiger partial charge in [0.2, 0.25) is 11.8 Å². The van der Waals surface area contributed by atoms with E-state index in [1.54, 1.807) is 6.07 Å². The van der Waals surface area contributed by atoms with Crippen molar-refractivity contribution < 1.29 is 14.0 Å². The van der Waals surface area contributed by atoms with Crippen molar-refractivity contribution in [2.45, 2.75) is 46.3 Å². The third kappa shape index (κ3) is 5.20. The van der Waals surface area contributed by atoms with Crippen molar-refractivity contribution in [2.24, 2.45) is 0 Å². The van der Waals surface area contributed by atoms with E-state index >= 15 is 0 Å². The van der Waals surface area contributed by atoms with Crippen LogP contribution in [0, 0.1) is 26.6 Å². The molecule has 1 aromatic heterocycles. The third-order valence-corrected chi connectivity index (χ3v) is 5.48. The van der Waals surface area contributed by atoms with Crippen LogP contribution in [0.3, 0.4) is 0 Å². The smallest absolute Gasteiger partial charge is 0.237 e. The maximum atomic E-state index is 13.5. The molecule has 0 radical (unpaired) electrons. The number of amides is 2. The van der Waals surface area contributed by atoms with Crippen LogP contribution in [0.15, 0.2) is 24.3 Å². The Bertz CT molecular complexity index is 895. The van der Waals surface area contributed by atoms with Crippen LogP contribution in [0.1, 0.15) is 28.9 Å². The number of hydrogen-bond donors (Lipinski definition) is 2. The zero-order valence-corrected chi connectivity index (χ0v) is 17.2. The molecule has 0 saturated carbocycles. The molecule has 1 saturated heterocycles. The van der Waals surface area contributed by atoms with Crippen LogP contribution in [0.2, 0.25) is 0 Å². The number of carbonyl (C=O) groups excluding carboxylic acids is 2. The Morgan fingerprint density at radius 1 is 1.34 bits per heavy atom. The van der Waals surface area contributed by atoms with E-state index in [1.807, 2.05) is 36.4 Å². The first-order chi connectivity index (χ1) is 13.8. The minimum Gasteiger partial charge on any atom is -0.354 e. The van der Waals surface area contributed by atoms with Gasteiger partial charge in [-0.2, -0.15) is 5.10 Å². The molecule has 0 spiro atoms. The first kappa shape index (κ1) is 21.0. The molecule has 7 nitrogen and oxygen atoms in total. The highest BCUT2D eigenvalue weighted by atomic mass is 19.1. The lowest BCUT2D eigenvalue weighted by molar-refractivity contribution is -0.134. The second-order valence-electron chi connectivity index (χ2n) is 7.48. The Hall–Kier alpha value is -2.74. The predicted molar refractivity (Wildman–Crippen MR) is 108 cm³/mol. The Kier molecular flexibility index (Phi) is 6.64. The quantitative estimate of drug-likeness (QED) is 0.736. The van der Waals surface area contributed by atoms with E-state index in [9.17, 15) is 14.0 Å². The lowest BCUT2D eigenvalue weighted by Gasteiger charge is -2.34. The zero-order chi connectivity index (χ0) is 21.0. The van der Waals surface area contributed by atoms with Crippen molar-refractivity contribution in [2.75, 3.05) is 19.6 Å². The number of nitrogens with zero attached hydrogens (tertiary/aromatic N) is 3. The summed E-state index contributed by atoms with van der Waals surface area (Å²) in [4.78, 5) is 26.7. The molecule has 1 atom stereocenters. The maximum absolute atomic E-state index is 13.5. The van der Waals surface area contributed by atoms with Crippen LogP contribution in [-0.4, -0.2) is 52.2 Å². The van der Waals surface area contributed by atoms with Gasteiger partial charge in [0.15, 0.2) is 0 Å². The summed E-state index contributed by atoms with van der Waals surface area (Å²) in [6, 6.07) is 5.75. The second-order valence-corrected chi connectivity index (χ2v) is 7.48. The normalized spacial score (nSPS) is 17.2. The first-order valence-electron chi connectivity index (χ1n) is 9.88. The highest BCUT2D eigenvalue weighted by molar-refractivity contribution is 5.88. The molecule has 1 aromatic carbocycles. The van der Waals surface area contributed by atoms with Gasteiger partial charge in [-0.05, 0) is 44.0 Å². The van der Waals surface area contributed by atoms with Gasteiger partial charge in [-0.25, -0.2) is 4.39 Å². The summed E-state index contributed by atoms with van der Waals surface area (Å²) in [7, 11) is 0. The monoisotopic (exact) mass is 401 g/mol. The summed E-state index contributed by atoms with van der Waals surface area (Å²) < 4.78 is 15.4. The third-order valence-electron chi connectivity index (χ3n) is 5.48. The summed E-state index contributed by atoms with van der Waals surface area (Å²) in [5, 5.41) is 10.2. The van der Waals surface area contributed by atoms with Crippen LogP contribution >= 0.6 is 0 Å². The van der Waals surface area contributed by atoms with Crippen molar-refractivity contribution in [3.63, 3.8) is 0 Å². The van der Waals surface area contributed by atoms with Crippen LogP contribution in [0.4, 0.5) is 4.39 Å². The Balaban J connectivity index is 1.56. The molecular weight excluding hydrogens is 373 g/mol. The van der Waals surface area contributed by atoms with E-state index in [1.165, 1.54) is 12.1 Å². The molecule has 2 aromatic rings. The summed E-state index contributed by atoms with van der Waals surface area (Å²) >= 11 is 0. The molecule has 2 heterocycles. The van der Waals surface area contributed by atoms with E-state index in [0.29, 0.717) is 32.7 Å². The van der Waals surface area contributed by atoms with Gasteiger partial charge in [-0.15, -0.1) is 0 Å². The number of benzene rings is 1. The van der Waals surface area contributed by atoms with Gasteiger partial charge in [0, 0.05) is 31.9 Å². The van der Waals surface area contributed by atoms with Crippen LogP contribution in [0.25, 0.3) is 0 Å². The number of piperazine rings is 1. The number of aryl methyl sites for hydroxylation is 1. The largest absolute Gasteiger partial charge is 0.354 e. The zero-order valence-electron chi connectivity index (χ0n) is 17.2. The van der Waals surface area contributed by atoms with Gasteiger partial charge in [0.05, 0.1) is 24.7 Å². The molecule has 8 heteroatoms. The highest BCUT2D eigenvalue weighted by Gasteiger charge is 2.31. The number of carbonyl (C=O) groups is 2. The van der Waals surface area contributed by atoms with Gasteiger partial charge >= 0.3 is 0 Å². The molecule has 0 bridgehead atoms. The topological polar surface area (TPSA) is 79.3 Å². The van der Waals surface area contributed by atoms with E-state index in [4.69, 9.17) is 0 Å². The molecule has 1 aliphatic heterocycles. The van der Waals surface area contributed by atoms with Crippen molar-refractivity contribution in [3.05, 3.63) is 52.6 Å². The van der Waals surface area contributed by atoms with Crippen molar-refractivity contribution in [1.82, 2.24) is 25.3 Å². The summed E-state index contributed by atoms with van der Waals surface area (Å²) in [6.07, 6.45) is 0.0668. The fraction of sp³-hybridized carbons (Fsp3) is 0.476. The Morgan fingerprint density at radius 3 is 2.83 bits per heavy atom. The number of hydrogen-bond acceptors (Lipinski definition) is 4. The molecule has 1 fully saturated rings. The lowest BCUT2D eigenvalue weighted by atomic mass is 10.1. The van der Waals surface area contributed by atoms with E-state index in [0.717, 1.165) is 22.5 Å². The molecule has 0 aliphatic carbocycles. The summed E-state index contributed by atoms with van der Waals surface area (Å²) in [5.74, 6) is -0.663. The molecule has 3 rings (SSSR count). The van der Waals surface area contributed by atoms with Crippen LogP contribution in [0.5, 0.6) is 0 Å². The van der Waals surface area contributed by atoms with E-state index in [-0.39, 0.29) is 24.1 Å². The molecule has 156 valence electrons. The maximum Gasteiger partial charge on any atom is 0.237 e. The van der Waals surface area contributed by atoms with Crippen molar-refractivity contribution >= 4 is 11.8 Å². The van der Waals surface area contributed by atoms with E-state index < -0.39 is 6.04 Å². The number of halogens is 1. The van der Waals surface area contributed by atoms with Crippen molar-refractivity contribution in [1.29, 1.82) is 0 Å². The minimum absolute atomic E-state index is 0.0668. The van der Waals surface area contributed by atoms with Gasteiger partial charge in [-0.1, -0.05) is 12.1 Å². The predicted octanol–water partition coefficient (Wildman–Crippen LogP) is 1.45. The average Bonchev–Trinajstić information content (AvgIpc) is 2.91. The van der Waals surface area contributed by atoms with Gasteiger partial charge in [0.1, 0.15) is 5.82 Å². The van der Waals surface area contributed by atoms with Crippen LogP contribution in [-0.2, 0) is 22.7 Å². The number of aromatic nitrogens is 2. The van der Waals surface area contributed by atoms with Gasteiger partial charge in [-0.3, -0.25) is 19.2 Å². The van der Waals surface area contributed by atoms with Crippen molar-refractivity contribution in [3.8, 4) is 0 Å². The molecule has 1 aliphatic rings. The fourth-order valence-electron chi connectivity index (χ4n) is 3.60. The Labute approximate surface area is 170 Å². The summed E-state index contributed by atoms with van der Waals surface area (Å²) in [5.41, 5.74) is 4.01. The fourth-order valence-corrected chi connectivity index (χ4v) is 3.60.